The van der Waals surface area contributed by atoms with E-state index in [1.807, 2.05) is 0 Å². The van der Waals surface area contributed by atoms with E-state index in [4.69, 9.17) is 23.2 Å². The SMILES string of the molecule is O=C(c1ccccc1Cl)c1cc([N+](=O)[O-])ccc1Cl. The van der Waals surface area contributed by atoms with Gasteiger partial charge in [0.15, 0.2) is 5.78 Å². The van der Waals surface area contributed by atoms with E-state index < -0.39 is 10.7 Å². The molecule has 0 saturated carbocycles. The molecular weight excluding hydrogens is 289 g/mol. The lowest BCUT2D eigenvalue weighted by atomic mass is 10.0. The fraction of sp³-hybridized carbons (Fsp3) is 0. The number of benzene rings is 2. The Morgan fingerprint density at radius 1 is 1.00 bits per heavy atom. The third kappa shape index (κ3) is 2.75. The van der Waals surface area contributed by atoms with E-state index in [-0.39, 0.29) is 26.9 Å². The Morgan fingerprint density at radius 2 is 1.63 bits per heavy atom. The van der Waals surface area contributed by atoms with Gasteiger partial charge in [-0.05, 0) is 18.2 Å². The lowest BCUT2D eigenvalue weighted by Crippen LogP contribution is -2.04. The molecule has 0 aromatic heterocycles. The van der Waals surface area contributed by atoms with Gasteiger partial charge in [-0.3, -0.25) is 14.9 Å². The van der Waals surface area contributed by atoms with Crippen molar-refractivity contribution in [2.24, 2.45) is 0 Å². The molecule has 2 aromatic carbocycles. The van der Waals surface area contributed by atoms with Gasteiger partial charge in [-0.1, -0.05) is 35.3 Å². The van der Waals surface area contributed by atoms with Crippen molar-refractivity contribution in [1.82, 2.24) is 0 Å². The number of hydrogen-bond donors (Lipinski definition) is 0. The second-order valence-corrected chi connectivity index (χ2v) is 4.54. The second-order valence-electron chi connectivity index (χ2n) is 3.73. The average molecular weight is 296 g/mol. The van der Waals surface area contributed by atoms with Crippen molar-refractivity contribution in [2.45, 2.75) is 0 Å². The smallest absolute Gasteiger partial charge is 0.270 e. The lowest BCUT2D eigenvalue weighted by molar-refractivity contribution is -0.384. The van der Waals surface area contributed by atoms with Crippen molar-refractivity contribution >= 4 is 34.7 Å². The van der Waals surface area contributed by atoms with E-state index in [1.54, 1.807) is 24.3 Å². The van der Waals surface area contributed by atoms with Gasteiger partial charge in [0, 0.05) is 23.3 Å². The van der Waals surface area contributed by atoms with E-state index >= 15 is 0 Å². The van der Waals surface area contributed by atoms with Gasteiger partial charge in [0.2, 0.25) is 0 Å². The summed E-state index contributed by atoms with van der Waals surface area (Å²) in [5.41, 5.74) is 0.121. The first-order valence-corrected chi connectivity index (χ1v) is 5.99. The third-order valence-electron chi connectivity index (χ3n) is 2.52. The minimum Gasteiger partial charge on any atom is -0.288 e. The average Bonchev–Trinajstić information content (AvgIpc) is 2.38. The first-order valence-electron chi connectivity index (χ1n) is 5.24. The molecule has 0 heterocycles. The molecule has 0 aliphatic heterocycles. The van der Waals surface area contributed by atoms with Crippen LogP contribution in [-0.4, -0.2) is 10.7 Å². The zero-order valence-corrected chi connectivity index (χ0v) is 11.0. The molecule has 0 N–H and O–H groups in total. The number of nitrogens with zero attached hydrogens (tertiary/aromatic N) is 1. The van der Waals surface area contributed by atoms with E-state index in [2.05, 4.69) is 0 Å². The summed E-state index contributed by atoms with van der Waals surface area (Å²) in [4.78, 5) is 22.4. The minimum absolute atomic E-state index is 0.0592. The van der Waals surface area contributed by atoms with Crippen LogP contribution < -0.4 is 0 Å². The number of ketones is 1. The molecule has 0 aliphatic carbocycles. The summed E-state index contributed by atoms with van der Waals surface area (Å²) in [6.07, 6.45) is 0. The molecule has 0 amide bonds. The van der Waals surface area contributed by atoms with Crippen molar-refractivity contribution < 1.29 is 9.72 Å². The van der Waals surface area contributed by atoms with E-state index in [0.717, 1.165) is 6.07 Å². The summed E-state index contributed by atoms with van der Waals surface area (Å²) in [5, 5.41) is 11.1. The Bertz CT molecular complexity index is 671. The summed E-state index contributed by atoms with van der Waals surface area (Å²) < 4.78 is 0. The number of nitro groups is 1. The van der Waals surface area contributed by atoms with Crippen molar-refractivity contribution in [3.05, 3.63) is 73.8 Å². The predicted octanol–water partition coefficient (Wildman–Crippen LogP) is 4.13. The summed E-state index contributed by atoms with van der Waals surface area (Å²) >= 11 is 11.8. The normalized spacial score (nSPS) is 10.2. The molecule has 6 heteroatoms. The van der Waals surface area contributed by atoms with Gasteiger partial charge in [-0.15, -0.1) is 0 Å². The fourth-order valence-electron chi connectivity index (χ4n) is 1.59. The van der Waals surface area contributed by atoms with Crippen LogP contribution in [0.4, 0.5) is 5.69 Å². The van der Waals surface area contributed by atoms with Crippen LogP contribution in [0, 0.1) is 10.1 Å². The molecule has 0 radical (unpaired) electrons. The van der Waals surface area contributed by atoms with Gasteiger partial charge in [0.1, 0.15) is 0 Å². The fourth-order valence-corrected chi connectivity index (χ4v) is 2.02. The van der Waals surface area contributed by atoms with Crippen molar-refractivity contribution in [3.63, 3.8) is 0 Å². The number of halogens is 2. The molecule has 4 nitrogen and oxygen atoms in total. The van der Waals surface area contributed by atoms with Gasteiger partial charge >= 0.3 is 0 Å². The molecule has 96 valence electrons. The zero-order chi connectivity index (χ0) is 14.0. The Hall–Kier alpha value is -1.91. The Labute approximate surface area is 118 Å². The van der Waals surface area contributed by atoms with E-state index in [1.165, 1.54) is 12.1 Å². The minimum atomic E-state index is -0.584. The van der Waals surface area contributed by atoms with Crippen molar-refractivity contribution in [2.75, 3.05) is 0 Å². The maximum atomic E-state index is 12.3. The first kappa shape index (κ1) is 13.5. The maximum absolute atomic E-state index is 12.3. The standard InChI is InChI=1S/C13H7Cl2NO3/c14-11-4-2-1-3-9(11)13(17)10-7-8(16(18)19)5-6-12(10)15/h1-7H. The number of carbonyl (C=O) groups excluding carboxylic acids is 1. The molecule has 0 bridgehead atoms. The second kappa shape index (κ2) is 5.38. The molecule has 0 saturated heterocycles. The highest BCUT2D eigenvalue weighted by atomic mass is 35.5. The number of hydrogen-bond acceptors (Lipinski definition) is 3. The number of non-ortho nitro benzene ring substituents is 1. The number of carbonyl (C=O) groups is 1. The molecule has 19 heavy (non-hydrogen) atoms. The van der Waals surface area contributed by atoms with Crippen LogP contribution in [0.1, 0.15) is 15.9 Å². The Balaban J connectivity index is 2.53. The lowest BCUT2D eigenvalue weighted by Gasteiger charge is -2.05. The van der Waals surface area contributed by atoms with Crippen LogP contribution in [0.25, 0.3) is 0 Å². The van der Waals surface area contributed by atoms with E-state index in [0.29, 0.717) is 0 Å². The number of rotatable bonds is 3. The molecule has 2 rings (SSSR count). The summed E-state index contributed by atoms with van der Waals surface area (Å²) in [6.45, 7) is 0. The summed E-state index contributed by atoms with van der Waals surface area (Å²) in [7, 11) is 0. The highest BCUT2D eigenvalue weighted by Gasteiger charge is 2.18. The molecule has 2 aromatic rings. The van der Waals surface area contributed by atoms with Crippen LogP contribution in [0.2, 0.25) is 10.0 Å². The van der Waals surface area contributed by atoms with Crippen LogP contribution in [-0.2, 0) is 0 Å². The molecule has 0 aliphatic rings. The molecule has 0 atom stereocenters. The predicted molar refractivity (Wildman–Crippen MR) is 73.0 cm³/mol. The quantitative estimate of drug-likeness (QED) is 0.486. The monoisotopic (exact) mass is 295 g/mol. The van der Waals surface area contributed by atoms with E-state index in [9.17, 15) is 14.9 Å². The van der Waals surface area contributed by atoms with Gasteiger partial charge in [0.25, 0.3) is 5.69 Å². The van der Waals surface area contributed by atoms with Crippen LogP contribution in [0.3, 0.4) is 0 Å². The molecular formula is C13H7Cl2NO3. The highest BCUT2D eigenvalue weighted by Crippen LogP contribution is 2.26. The zero-order valence-electron chi connectivity index (χ0n) is 9.47. The van der Waals surface area contributed by atoms with Gasteiger partial charge < -0.3 is 0 Å². The summed E-state index contributed by atoms with van der Waals surface area (Å²) in [5.74, 6) is -0.445. The van der Waals surface area contributed by atoms with Gasteiger partial charge in [0.05, 0.1) is 15.0 Å². The van der Waals surface area contributed by atoms with Crippen LogP contribution in [0.5, 0.6) is 0 Å². The molecule has 0 spiro atoms. The molecule has 0 fully saturated rings. The Morgan fingerprint density at radius 3 is 2.26 bits per heavy atom. The third-order valence-corrected chi connectivity index (χ3v) is 3.18. The molecule has 0 unspecified atom stereocenters. The van der Waals surface area contributed by atoms with Gasteiger partial charge in [-0.2, -0.15) is 0 Å². The van der Waals surface area contributed by atoms with Crippen molar-refractivity contribution in [3.8, 4) is 0 Å². The first-order chi connectivity index (χ1) is 9.00. The van der Waals surface area contributed by atoms with Crippen LogP contribution >= 0.6 is 23.2 Å². The summed E-state index contributed by atoms with van der Waals surface area (Å²) in [6, 6.07) is 10.2. The topological polar surface area (TPSA) is 60.2 Å². The Kier molecular flexibility index (Phi) is 3.83. The maximum Gasteiger partial charge on any atom is 0.270 e. The van der Waals surface area contributed by atoms with Gasteiger partial charge in [-0.25, -0.2) is 0 Å². The number of nitro benzene ring substituents is 1. The van der Waals surface area contributed by atoms with Crippen molar-refractivity contribution in [1.29, 1.82) is 0 Å². The van der Waals surface area contributed by atoms with Crippen LogP contribution in [0.15, 0.2) is 42.5 Å². The largest absolute Gasteiger partial charge is 0.288 e. The highest BCUT2D eigenvalue weighted by molar-refractivity contribution is 6.38.